The van der Waals surface area contributed by atoms with E-state index in [0.717, 1.165) is 73.1 Å². The SMILES string of the molecule is COC1CC(C=CC2CCCCC2)C(OCCC(C)CCCC(C)C)CC1C=CC1CCC(N(C2CCCCC2)C2CCC(C=CC3CCCCC3)CC2)CC1. The van der Waals surface area contributed by atoms with Gasteiger partial charge in [0.25, 0.3) is 0 Å². The van der Waals surface area contributed by atoms with Gasteiger partial charge in [-0.15, -0.1) is 0 Å². The second-order valence-corrected chi connectivity index (χ2v) is 21.0. The predicted molar refractivity (Wildman–Crippen MR) is 240 cm³/mol. The van der Waals surface area contributed by atoms with Crippen LogP contribution in [-0.2, 0) is 9.47 Å². The molecule has 0 radical (unpaired) electrons. The summed E-state index contributed by atoms with van der Waals surface area (Å²) in [5, 5.41) is 0. The third-order valence-electron chi connectivity index (χ3n) is 16.2. The second kappa shape index (κ2) is 24.4. The van der Waals surface area contributed by atoms with Crippen LogP contribution in [0.3, 0.4) is 0 Å². The molecule has 6 aliphatic rings. The van der Waals surface area contributed by atoms with Crippen molar-refractivity contribution >= 4 is 0 Å². The maximum absolute atomic E-state index is 6.90. The van der Waals surface area contributed by atoms with Gasteiger partial charge in [-0.2, -0.15) is 0 Å². The zero-order valence-corrected chi connectivity index (χ0v) is 37.4. The molecule has 320 valence electrons. The van der Waals surface area contributed by atoms with Crippen molar-refractivity contribution in [3.8, 4) is 0 Å². The summed E-state index contributed by atoms with van der Waals surface area (Å²) in [6.45, 7) is 8.07. The standard InChI is InChI=1S/C53H91NO2/c1-41(2)15-14-16-42(3)37-38-56-53-40-47(52(55-4)39-48(53)32-25-44-19-10-6-11-20-44)31-26-46-29-35-51(36-30-46)54(49-21-12-7-13-22-49)50-33-27-45(28-34-50)24-23-43-17-8-5-9-18-43/h23-26,31-32,41-53H,5-22,27-30,33-40H2,1-4H3. The summed E-state index contributed by atoms with van der Waals surface area (Å²) in [4.78, 5) is 3.18. The fourth-order valence-corrected chi connectivity index (χ4v) is 12.5. The lowest BCUT2D eigenvalue weighted by atomic mass is 9.75. The van der Waals surface area contributed by atoms with Gasteiger partial charge in [-0.05, 0) is 145 Å². The molecule has 3 nitrogen and oxygen atoms in total. The highest BCUT2D eigenvalue weighted by molar-refractivity contribution is 5.07. The van der Waals surface area contributed by atoms with Crippen molar-refractivity contribution < 1.29 is 9.47 Å². The summed E-state index contributed by atoms with van der Waals surface area (Å²) in [7, 11) is 1.97. The third-order valence-corrected chi connectivity index (χ3v) is 16.2. The Morgan fingerprint density at radius 2 is 0.893 bits per heavy atom. The molecule has 6 aliphatic carbocycles. The van der Waals surface area contributed by atoms with E-state index in [-0.39, 0.29) is 0 Å². The maximum Gasteiger partial charge on any atom is 0.0645 e. The van der Waals surface area contributed by atoms with Gasteiger partial charge >= 0.3 is 0 Å². The molecule has 0 aromatic heterocycles. The van der Waals surface area contributed by atoms with Crippen LogP contribution in [0, 0.1) is 47.3 Å². The highest BCUT2D eigenvalue weighted by Gasteiger charge is 2.38. The number of allylic oxidation sites excluding steroid dienone is 4. The van der Waals surface area contributed by atoms with Crippen molar-refractivity contribution in [2.75, 3.05) is 13.7 Å². The summed E-state index contributed by atoms with van der Waals surface area (Å²) < 4.78 is 13.2. The van der Waals surface area contributed by atoms with Gasteiger partial charge in [-0.25, -0.2) is 0 Å². The number of rotatable bonds is 18. The number of nitrogens with zero attached hydrogens (tertiary/aromatic N) is 1. The summed E-state index contributed by atoms with van der Waals surface area (Å²) in [5.74, 6) is 5.74. The Hall–Kier alpha value is -0.900. The molecule has 0 aromatic rings. The summed E-state index contributed by atoms with van der Waals surface area (Å²) in [5.41, 5.74) is 0. The molecule has 0 spiro atoms. The van der Waals surface area contributed by atoms with E-state index in [9.17, 15) is 0 Å². The first-order chi connectivity index (χ1) is 27.4. The average Bonchev–Trinajstić information content (AvgIpc) is 3.23. The quantitative estimate of drug-likeness (QED) is 0.130. The van der Waals surface area contributed by atoms with Crippen LogP contribution in [-0.4, -0.2) is 49.0 Å². The monoisotopic (exact) mass is 774 g/mol. The van der Waals surface area contributed by atoms with Gasteiger partial charge in [-0.3, -0.25) is 4.90 Å². The minimum absolute atomic E-state index is 0.299. The van der Waals surface area contributed by atoms with Gasteiger partial charge in [0, 0.05) is 43.7 Å². The van der Waals surface area contributed by atoms with E-state index in [2.05, 4.69) is 62.1 Å². The number of methoxy groups -OCH3 is 1. The molecule has 6 saturated carbocycles. The maximum atomic E-state index is 6.90. The van der Waals surface area contributed by atoms with E-state index < -0.39 is 0 Å². The van der Waals surface area contributed by atoms with E-state index in [1.54, 1.807) is 0 Å². The zero-order valence-electron chi connectivity index (χ0n) is 37.4. The fraction of sp³-hybridized carbons (Fsp3) is 0.887. The van der Waals surface area contributed by atoms with Gasteiger partial charge in [-0.1, -0.05) is 134 Å². The average molecular weight is 774 g/mol. The van der Waals surface area contributed by atoms with Crippen LogP contribution in [0.15, 0.2) is 36.5 Å². The molecule has 5 atom stereocenters. The molecule has 0 amide bonds. The van der Waals surface area contributed by atoms with Gasteiger partial charge in [0.05, 0.1) is 12.2 Å². The molecule has 5 unspecified atom stereocenters. The molecule has 0 heterocycles. The largest absolute Gasteiger partial charge is 0.381 e. The topological polar surface area (TPSA) is 21.7 Å². The van der Waals surface area contributed by atoms with Crippen LogP contribution in [0.1, 0.15) is 207 Å². The smallest absolute Gasteiger partial charge is 0.0645 e. The Bertz CT molecular complexity index is 1120. The molecule has 3 heteroatoms. The molecule has 0 saturated heterocycles. The summed E-state index contributed by atoms with van der Waals surface area (Å²) >= 11 is 0. The Morgan fingerprint density at radius 1 is 0.464 bits per heavy atom. The number of ether oxygens (including phenoxy) is 2. The van der Waals surface area contributed by atoms with Gasteiger partial charge in [0.2, 0.25) is 0 Å². The second-order valence-electron chi connectivity index (χ2n) is 21.0. The van der Waals surface area contributed by atoms with Crippen LogP contribution in [0.5, 0.6) is 0 Å². The highest BCUT2D eigenvalue weighted by Crippen LogP contribution is 2.41. The first-order valence-electron chi connectivity index (χ1n) is 25.4. The van der Waals surface area contributed by atoms with Gasteiger partial charge < -0.3 is 9.47 Å². The lowest BCUT2D eigenvalue weighted by Crippen LogP contribution is -2.52. The predicted octanol–water partition coefficient (Wildman–Crippen LogP) is 14.8. The van der Waals surface area contributed by atoms with Crippen molar-refractivity contribution in [3.05, 3.63) is 36.5 Å². The minimum atomic E-state index is 0.299. The molecule has 56 heavy (non-hydrogen) atoms. The van der Waals surface area contributed by atoms with Crippen molar-refractivity contribution in [1.82, 2.24) is 4.90 Å². The molecule has 0 aromatic carbocycles. The van der Waals surface area contributed by atoms with E-state index in [1.807, 2.05) is 7.11 Å². The molecule has 0 aliphatic heterocycles. The Kier molecular flexibility index (Phi) is 19.4. The van der Waals surface area contributed by atoms with Crippen LogP contribution in [0.2, 0.25) is 0 Å². The first kappa shape index (κ1) is 44.6. The van der Waals surface area contributed by atoms with Crippen LogP contribution in [0.25, 0.3) is 0 Å². The fourth-order valence-electron chi connectivity index (χ4n) is 12.5. The molecule has 6 rings (SSSR count). The minimum Gasteiger partial charge on any atom is -0.381 e. The highest BCUT2D eigenvalue weighted by atomic mass is 16.5. The molecule has 0 N–H and O–H groups in total. The molecular formula is C53H91NO2. The first-order valence-corrected chi connectivity index (χ1v) is 25.4. The lowest BCUT2D eigenvalue weighted by Gasteiger charge is -2.48. The molecular weight excluding hydrogens is 683 g/mol. The Morgan fingerprint density at radius 3 is 1.39 bits per heavy atom. The Balaban J connectivity index is 1.02. The molecule has 0 bridgehead atoms. The van der Waals surface area contributed by atoms with Crippen LogP contribution >= 0.6 is 0 Å². The van der Waals surface area contributed by atoms with E-state index in [1.165, 1.54) is 173 Å². The van der Waals surface area contributed by atoms with Crippen molar-refractivity contribution in [2.45, 2.75) is 237 Å². The van der Waals surface area contributed by atoms with Gasteiger partial charge in [0.15, 0.2) is 0 Å². The number of hydrogen-bond acceptors (Lipinski definition) is 3. The van der Waals surface area contributed by atoms with E-state index in [4.69, 9.17) is 9.47 Å². The van der Waals surface area contributed by atoms with Crippen LogP contribution < -0.4 is 0 Å². The molecule has 6 fully saturated rings. The van der Waals surface area contributed by atoms with Gasteiger partial charge in [0.1, 0.15) is 0 Å². The van der Waals surface area contributed by atoms with Crippen LogP contribution in [0.4, 0.5) is 0 Å². The Labute approximate surface area is 348 Å². The lowest BCUT2D eigenvalue weighted by molar-refractivity contribution is -0.0615. The normalized spacial score (nSPS) is 34.4. The van der Waals surface area contributed by atoms with Crippen molar-refractivity contribution in [3.63, 3.8) is 0 Å². The number of hydrogen-bond donors (Lipinski definition) is 0. The zero-order chi connectivity index (χ0) is 39.0. The summed E-state index contributed by atoms with van der Waals surface area (Å²) in [6, 6.07) is 2.50. The van der Waals surface area contributed by atoms with Crippen molar-refractivity contribution in [2.24, 2.45) is 47.3 Å². The third kappa shape index (κ3) is 14.4. The van der Waals surface area contributed by atoms with E-state index in [0.29, 0.717) is 24.0 Å². The van der Waals surface area contributed by atoms with E-state index >= 15 is 0 Å². The summed E-state index contributed by atoms with van der Waals surface area (Å²) in [6.07, 6.45) is 56.7. The van der Waals surface area contributed by atoms with Crippen molar-refractivity contribution in [1.29, 1.82) is 0 Å².